The van der Waals surface area contributed by atoms with Gasteiger partial charge in [0.25, 0.3) is 5.91 Å². The fraction of sp³-hybridized carbons (Fsp3) is 0.346. The zero-order valence-corrected chi connectivity index (χ0v) is 18.7. The van der Waals surface area contributed by atoms with Gasteiger partial charge in [-0.25, -0.2) is 14.4 Å². The molecule has 3 aromatic rings. The van der Waals surface area contributed by atoms with Crippen LogP contribution in [0, 0.1) is 5.82 Å². The Bertz CT molecular complexity index is 1160. The smallest absolute Gasteiger partial charge is 0.262 e. The first kappa shape index (κ1) is 21.4. The first-order chi connectivity index (χ1) is 16.2. The van der Waals surface area contributed by atoms with E-state index < -0.39 is 5.82 Å². The molecule has 0 unspecified atom stereocenters. The minimum absolute atomic E-state index is 0.0971. The predicted octanol–water partition coefficient (Wildman–Crippen LogP) is 5.09. The molecular weight excluding hydrogens is 419 g/mol. The van der Waals surface area contributed by atoms with E-state index in [-0.39, 0.29) is 11.9 Å². The number of hydrogen-bond donors (Lipinski definition) is 0. The number of methoxy groups -OCH3 is 1. The summed E-state index contributed by atoms with van der Waals surface area (Å²) in [5, 5.41) is 0. The molecule has 33 heavy (non-hydrogen) atoms. The molecule has 1 aliphatic carbocycles. The van der Waals surface area contributed by atoms with Crippen molar-refractivity contribution in [2.24, 2.45) is 0 Å². The van der Waals surface area contributed by atoms with Crippen LogP contribution in [0.25, 0.3) is 11.3 Å². The molecule has 7 heteroatoms. The van der Waals surface area contributed by atoms with Crippen LogP contribution in [0.3, 0.4) is 0 Å². The topological polar surface area (TPSA) is 58.6 Å². The van der Waals surface area contributed by atoms with Gasteiger partial charge in [-0.2, -0.15) is 0 Å². The lowest BCUT2D eigenvalue weighted by Gasteiger charge is -2.28. The van der Waals surface area contributed by atoms with Gasteiger partial charge in [0, 0.05) is 42.6 Å². The number of benzene rings is 2. The van der Waals surface area contributed by atoms with Gasteiger partial charge < -0.3 is 14.5 Å². The maximum atomic E-state index is 14.9. The molecule has 2 aliphatic rings. The summed E-state index contributed by atoms with van der Waals surface area (Å²) in [5.74, 6) is 0.587. The van der Waals surface area contributed by atoms with Crippen molar-refractivity contribution in [3.8, 4) is 17.0 Å². The Hall–Kier alpha value is -3.48. The van der Waals surface area contributed by atoms with Crippen LogP contribution in [0.5, 0.6) is 5.75 Å². The number of aromatic nitrogens is 2. The van der Waals surface area contributed by atoms with Crippen LogP contribution < -0.4 is 14.5 Å². The fourth-order valence-electron chi connectivity index (χ4n) is 4.35. The Morgan fingerprint density at radius 3 is 2.61 bits per heavy atom. The Morgan fingerprint density at radius 1 is 1.09 bits per heavy atom. The number of anilines is 2. The molecular formula is C26H27FN4O2. The number of hydrogen-bond acceptors (Lipinski definition) is 5. The van der Waals surface area contributed by atoms with Crippen LogP contribution in [0.4, 0.5) is 16.0 Å². The summed E-state index contributed by atoms with van der Waals surface area (Å²) in [7, 11) is 1.60. The standard InChI is InChI=1S/C26H27FN4O2/c1-33-20-9-7-8-19(16-20)31(18-12-13-18)25(32)22-17-28-26(30-14-5-2-6-15-30)29-24(22)21-10-3-4-11-23(21)27/h3-4,7-11,16-18H,2,5-6,12-15H2,1H3. The van der Waals surface area contributed by atoms with Gasteiger partial charge >= 0.3 is 0 Å². The summed E-state index contributed by atoms with van der Waals surface area (Å²) in [5.41, 5.74) is 1.70. The number of carbonyl (C=O) groups excluding carboxylic acids is 1. The monoisotopic (exact) mass is 446 g/mol. The summed E-state index contributed by atoms with van der Waals surface area (Å²) in [6.07, 6.45) is 6.74. The number of amides is 1. The van der Waals surface area contributed by atoms with E-state index in [4.69, 9.17) is 9.72 Å². The average Bonchev–Trinajstić information content (AvgIpc) is 3.70. The summed E-state index contributed by atoms with van der Waals surface area (Å²) < 4.78 is 20.2. The van der Waals surface area contributed by atoms with E-state index in [9.17, 15) is 9.18 Å². The first-order valence-corrected chi connectivity index (χ1v) is 11.5. The zero-order valence-electron chi connectivity index (χ0n) is 18.7. The zero-order chi connectivity index (χ0) is 22.8. The molecule has 1 saturated heterocycles. The van der Waals surface area contributed by atoms with Crippen molar-refractivity contribution in [3.05, 3.63) is 66.1 Å². The molecule has 0 spiro atoms. The lowest BCUT2D eigenvalue weighted by Crippen LogP contribution is -2.35. The summed E-state index contributed by atoms with van der Waals surface area (Å²) in [6, 6.07) is 14.0. The van der Waals surface area contributed by atoms with E-state index in [0.29, 0.717) is 28.5 Å². The van der Waals surface area contributed by atoms with Crippen molar-refractivity contribution >= 4 is 17.5 Å². The van der Waals surface area contributed by atoms with Gasteiger partial charge in [0.2, 0.25) is 5.95 Å². The molecule has 2 heterocycles. The van der Waals surface area contributed by atoms with Gasteiger partial charge in [0.15, 0.2) is 0 Å². The third-order valence-corrected chi connectivity index (χ3v) is 6.24. The number of nitrogens with zero attached hydrogens (tertiary/aromatic N) is 4. The van der Waals surface area contributed by atoms with Gasteiger partial charge in [-0.15, -0.1) is 0 Å². The second-order valence-electron chi connectivity index (χ2n) is 8.57. The van der Waals surface area contributed by atoms with E-state index in [1.165, 1.54) is 12.5 Å². The van der Waals surface area contributed by atoms with E-state index in [0.717, 1.165) is 44.5 Å². The minimum Gasteiger partial charge on any atom is -0.497 e. The van der Waals surface area contributed by atoms with E-state index >= 15 is 0 Å². The van der Waals surface area contributed by atoms with E-state index in [1.54, 1.807) is 36.4 Å². The van der Waals surface area contributed by atoms with Gasteiger partial charge in [0.05, 0.1) is 18.4 Å². The van der Waals surface area contributed by atoms with Crippen molar-refractivity contribution < 1.29 is 13.9 Å². The van der Waals surface area contributed by atoms with Crippen LogP contribution in [-0.2, 0) is 0 Å². The molecule has 1 amide bonds. The third kappa shape index (κ3) is 4.40. The maximum absolute atomic E-state index is 14.9. The average molecular weight is 447 g/mol. The highest BCUT2D eigenvalue weighted by Gasteiger charge is 2.36. The summed E-state index contributed by atoms with van der Waals surface area (Å²) in [4.78, 5) is 27.1. The highest BCUT2D eigenvalue weighted by Crippen LogP contribution is 2.36. The highest BCUT2D eigenvalue weighted by molar-refractivity contribution is 6.10. The quantitative estimate of drug-likeness (QED) is 0.528. The number of piperidine rings is 1. The molecule has 5 rings (SSSR count). The van der Waals surface area contributed by atoms with Crippen LogP contribution in [0.2, 0.25) is 0 Å². The Labute approximate surface area is 193 Å². The molecule has 0 radical (unpaired) electrons. The highest BCUT2D eigenvalue weighted by atomic mass is 19.1. The van der Waals surface area contributed by atoms with Crippen LogP contribution in [-0.4, -0.2) is 42.1 Å². The van der Waals surface area contributed by atoms with E-state index in [2.05, 4.69) is 9.88 Å². The molecule has 2 fully saturated rings. The van der Waals surface area contributed by atoms with Crippen LogP contribution in [0.1, 0.15) is 42.5 Å². The molecule has 0 atom stereocenters. The molecule has 2 aromatic carbocycles. The minimum atomic E-state index is -0.408. The van der Waals surface area contributed by atoms with Crippen molar-refractivity contribution in [1.82, 2.24) is 9.97 Å². The SMILES string of the molecule is COc1cccc(N(C(=O)c2cnc(N3CCCCC3)nc2-c2ccccc2F)C2CC2)c1. The van der Waals surface area contributed by atoms with Crippen molar-refractivity contribution in [2.75, 3.05) is 30.0 Å². The summed E-state index contributed by atoms with van der Waals surface area (Å²) >= 11 is 0. The number of carbonyl (C=O) groups is 1. The molecule has 1 aliphatic heterocycles. The number of halogens is 1. The lowest BCUT2D eigenvalue weighted by molar-refractivity contribution is 0.0985. The van der Waals surface area contributed by atoms with Crippen molar-refractivity contribution in [3.63, 3.8) is 0 Å². The maximum Gasteiger partial charge on any atom is 0.262 e. The Morgan fingerprint density at radius 2 is 1.88 bits per heavy atom. The fourth-order valence-corrected chi connectivity index (χ4v) is 4.35. The normalized spacial score (nSPS) is 15.9. The van der Waals surface area contributed by atoms with E-state index in [1.807, 2.05) is 24.3 Å². The molecule has 0 N–H and O–H groups in total. The van der Waals surface area contributed by atoms with Crippen LogP contribution in [0.15, 0.2) is 54.7 Å². The third-order valence-electron chi connectivity index (χ3n) is 6.24. The van der Waals surface area contributed by atoms with Crippen LogP contribution >= 0.6 is 0 Å². The summed E-state index contributed by atoms with van der Waals surface area (Å²) in [6.45, 7) is 1.73. The second kappa shape index (κ2) is 9.17. The van der Waals surface area contributed by atoms with Gasteiger partial charge in [-0.1, -0.05) is 18.2 Å². The molecule has 0 bridgehead atoms. The lowest BCUT2D eigenvalue weighted by atomic mass is 10.0. The molecule has 1 aromatic heterocycles. The predicted molar refractivity (Wildman–Crippen MR) is 126 cm³/mol. The number of rotatable bonds is 6. The Kier molecular flexibility index (Phi) is 5.94. The molecule has 1 saturated carbocycles. The first-order valence-electron chi connectivity index (χ1n) is 11.5. The van der Waals surface area contributed by atoms with Crippen molar-refractivity contribution in [1.29, 1.82) is 0 Å². The molecule has 6 nitrogen and oxygen atoms in total. The number of ether oxygens (including phenoxy) is 1. The molecule has 170 valence electrons. The van der Waals surface area contributed by atoms with Gasteiger partial charge in [0.1, 0.15) is 11.6 Å². The van der Waals surface area contributed by atoms with Gasteiger partial charge in [-0.05, 0) is 56.4 Å². The second-order valence-corrected chi connectivity index (χ2v) is 8.57. The van der Waals surface area contributed by atoms with Gasteiger partial charge in [-0.3, -0.25) is 4.79 Å². The Balaban J connectivity index is 1.59. The van der Waals surface area contributed by atoms with Crippen molar-refractivity contribution in [2.45, 2.75) is 38.1 Å². The largest absolute Gasteiger partial charge is 0.497 e.